The molecule has 3 aromatic rings. The van der Waals surface area contributed by atoms with Crippen molar-refractivity contribution in [2.75, 3.05) is 31.5 Å². The van der Waals surface area contributed by atoms with Crippen LogP contribution >= 0.6 is 22.9 Å². The van der Waals surface area contributed by atoms with Gasteiger partial charge in [0.05, 0.1) is 15.2 Å². The van der Waals surface area contributed by atoms with Crippen molar-refractivity contribution in [2.45, 2.75) is 32.1 Å². The Labute approximate surface area is 197 Å². The Bertz CT molecular complexity index is 1050. The number of nitrogens with zero attached hydrogens (tertiary/aromatic N) is 3. The molecule has 168 valence electrons. The Morgan fingerprint density at radius 2 is 1.81 bits per heavy atom. The van der Waals surface area contributed by atoms with Crippen LogP contribution in [0.3, 0.4) is 0 Å². The number of unbranched alkanes of at least 4 members (excludes halogenated alkanes) is 1. The molecule has 0 spiro atoms. The van der Waals surface area contributed by atoms with Crippen molar-refractivity contribution in [3.8, 4) is 0 Å². The van der Waals surface area contributed by atoms with E-state index in [0.717, 1.165) is 36.2 Å². The number of aromatic nitrogens is 1. The smallest absolute Gasteiger partial charge is 0.321 e. The summed E-state index contributed by atoms with van der Waals surface area (Å²) in [5.41, 5.74) is 1.73. The number of thiazole rings is 1. The summed E-state index contributed by atoms with van der Waals surface area (Å²) in [5, 5.41) is 4.60. The molecule has 0 unspecified atom stereocenters. The fraction of sp³-hybridized carbons (Fsp3) is 0.375. The highest BCUT2D eigenvalue weighted by Gasteiger charge is 2.22. The SMILES string of the molecule is O=C(CCCCc1nc2ccccc2s1)N1CCCN(C(=O)Nc2cccc(Cl)c2)CC1. The highest BCUT2D eigenvalue weighted by atomic mass is 35.5. The van der Waals surface area contributed by atoms with Crippen molar-refractivity contribution < 1.29 is 9.59 Å². The second kappa shape index (κ2) is 10.8. The number of carbonyl (C=O) groups excluding carboxylic acids is 2. The maximum atomic E-state index is 12.7. The number of rotatable bonds is 6. The maximum Gasteiger partial charge on any atom is 0.321 e. The molecule has 1 aliphatic rings. The minimum Gasteiger partial charge on any atom is -0.341 e. The number of anilines is 1. The van der Waals surface area contributed by atoms with Crippen LogP contribution < -0.4 is 5.32 Å². The van der Waals surface area contributed by atoms with Crippen LogP contribution in [0.25, 0.3) is 10.2 Å². The number of para-hydroxylation sites is 1. The lowest BCUT2D eigenvalue weighted by atomic mass is 10.2. The van der Waals surface area contributed by atoms with Crippen molar-refractivity contribution in [1.29, 1.82) is 0 Å². The number of urea groups is 1. The molecular formula is C24H27ClN4O2S. The fourth-order valence-corrected chi connectivity index (χ4v) is 5.08. The van der Waals surface area contributed by atoms with Gasteiger partial charge in [-0.2, -0.15) is 0 Å². The highest BCUT2D eigenvalue weighted by Crippen LogP contribution is 2.23. The van der Waals surface area contributed by atoms with E-state index in [1.807, 2.05) is 29.2 Å². The van der Waals surface area contributed by atoms with Crippen molar-refractivity contribution in [2.24, 2.45) is 0 Å². The van der Waals surface area contributed by atoms with E-state index in [9.17, 15) is 9.59 Å². The zero-order valence-corrected chi connectivity index (χ0v) is 19.5. The van der Waals surface area contributed by atoms with Crippen LogP contribution in [0.2, 0.25) is 5.02 Å². The van der Waals surface area contributed by atoms with Crippen molar-refractivity contribution in [3.63, 3.8) is 0 Å². The quantitative estimate of drug-likeness (QED) is 0.488. The number of carbonyl (C=O) groups is 2. The number of fused-ring (bicyclic) bond motifs is 1. The monoisotopic (exact) mass is 470 g/mol. The normalized spacial score (nSPS) is 14.4. The summed E-state index contributed by atoms with van der Waals surface area (Å²) in [6, 6.07) is 15.1. The Kier molecular flexibility index (Phi) is 7.60. The van der Waals surface area contributed by atoms with Gasteiger partial charge in [0.2, 0.25) is 5.91 Å². The average molecular weight is 471 g/mol. The first-order chi connectivity index (χ1) is 15.6. The average Bonchev–Trinajstić information content (AvgIpc) is 3.03. The van der Waals surface area contributed by atoms with E-state index in [4.69, 9.17) is 11.6 Å². The lowest BCUT2D eigenvalue weighted by Gasteiger charge is -2.22. The molecule has 2 heterocycles. The van der Waals surface area contributed by atoms with Gasteiger partial charge in [-0.15, -0.1) is 11.3 Å². The zero-order valence-electron chi connectivity index (χ0n) is 17.9. The fourth-order valence-electron chi connectivity index (χ4n) is 3.88. The zero-order chi connectivity index (χ0) is 22.3. The number of hydrogen-bond donors (Lipinski definition) is 1. The molecule has 0 bridgehead atoms. The van der Waals surface area contributed by atoms with Gasteiger partial charge >= 0.3 is 6.03 Å². The summed E-state index contributed by atoms with van der Waals surface area (Å²) >= 11 is 7.72. The van der Waals surface area contributed by atoms with Crippen LogP contribution in [0.15, 0.2) is 48.5 Å². The predicted molar refractivity (Wildman–Crippen MR) is 130 cm³/mol. The third kappa shape index (κ3) is 5.99. The van der Waals surface area contributed by atoms with Crippen molar-refractivity contribution in [3.05, 3.63) is 58.6 Å². The molecule has 3 amide bonds. The van der Waals surface area contributed by atoms with E-state index in [-0.39, 0.29) is 11.9 Å². The molecule has 4 rings (SSSR count). The summed E-state index contributed by atoms with van der Waals surface area (Å²) in [7, 11) is 0. The van der Waals surface area contributed by atoms with Crippen LogP contribution in [0.1, 0.15) is 30.7 Å². The van der Waals surface area contributed by atoms with Crippen LogP contribution in [0.5, 0.6) is 0 Å². The lowest BCUT2D eigenvalue weighted by molar-refractivity contribution is -0.131. The van der Waals surface area contributed by atoms with E-state index in [1.165, 1.54) is 4.70 Å². The van der Waals surface area contributed by atoms with E-state index in [0.29, 0.717) is 43.3 Å². The molecular weight excluding hydrogens is 444 g/mol. The van der Waals surface area contributed by atoms with Crippen LogP contribution in [0, 0.1) is 0 Å². The molecule has 32 heavy (non-hydrogen) atoms. The van der Waals surface area contributed by atoms with E-state index < -0.39 is 0 Å². The topological polar surface area (TPSA) is 65.5 Å². The van der Waals surface area contributed by atoms with E-state index >= 15 is 0 Å². The number of amides is 3. The highest BCUT2D eigenvalue weighted by molar-refractivity contribution is 7.18. The first kappa shape index (κ1) is 22.6. The Morgan fingerprint density at radius 3 is 2.66 bits per heavy atom. The molecule has 0 aliphatic carbocycles. The van der Waals surface area contributed by atoms with Crippen molar-refractivity contribution in [1.82, 2.24) is 14.8 Å². The third-order valence-electron chi connectivity index (χ3n) is 5.58. The molecule has 1 aliphatic heterocycles. The van der Waals surface area contributed by atoms with E-state index in [2.05, 4.69) is 16.4 Å². The first-order valence-corrected chi connectivity index (χ1v) is 12.2. The third-order valence-corrected chi connectivity index (χ3v) is 6.91. The summed E-state index contributed by atoms with van der Waals surface area (Å²) in [5.74, 6) is 0.173. The minimum atomic E-state index is -0.155. The minimum absolute atomic E-state index is 0.155. The molecule has 1 saturated heterocycles. The van der Waals surface area contributed by atoms with Crippen molar-refractivity contribution >= 4 is 50.8 Å². The summed E-state index contributed by atoms with van der Waals surface area (Å²) in [6.07, 6.45) is 4.03. The van der Waals surface area contributed by atoms with Gasteiger partial charge in [-0.25, -0.2) is 9.78 Å². The van der Waals surface area contributed by atoms with Gasteiger partial charge in [0.25, 0.3) is 0 Å². The van der Waals surface area contributed by atoms with Gasteiger partial charge in [0.1, 0.15) is 0 Å². The molecule has 1 N–H and O–H groups in total. The summed E-state index contributed by atoms with van der Waals surface area (Å²) in [6.45, 7) is 2.43. The van der Waals surface area contributed by atoms with Gasteiger partial charge in [-0.1, -0.05) is 29.8 Å². The molecule has 0 saturated carbocycles. The summed E-state index contributed by atoms with van der Waals surface area (Å²) < 4.78 is 1.21. The largest absolute Gasteiger partial charge is 0.341 e. The number of nitrogens with one attached hydrogen (secondary N) is 1. The molecule has 8 heteroatoms. The lowest BCUT2D eigenvalue weighted by Crippen LogP contribution is -2.39. The maximum absolute atomic E-state index is 12.7. The van der Waals surface area contributed by atoms with Crippen LogP contribution in [-0.4, -0.2) is 52.9 Å². The molecule has 6 nitrogen and oxygen atoms in total. The molecule has 0 atom stereocenters. The Hall–Kier alpha value is -2.64. The van der Waals surface area contributed by atoms with Gasteiger partial charge in [0, 0.05) is 43.3 Å². The molecule has 1 fully saturated rings. The Morgan fingerprint density at radius 1 is 1.00 bits per heavy atom. The van der Waals surface area contributed by atoms with Gasteiger partial charge in [-0.3, -0.25) is 4.79 Å². The number of benzene rings is 2. The molecule has 2 aromatic carbocycles. The second-order valence-electron chi connectivity index (χ2n) is 7.94. The number of aryl methyl sites for hydroxylation is 1. The van der Waals surface area contributed by atoms with Crippen LogP contribution in [-0.2, 0) is 11.2 Å². The second-order valence-corrected chi connectivity index (χ2v) is 9.50. The first-order valence-electron chi connectivity index (χ1n) is 11.0. The summed E-state index contributed by atoms with van der Waals surface area (Å²) in [4.78, 5) is 33.6. The predicted octanol–water partition coefficient (Wildman–Crippen LogP) is 5.43. The number of hydrogen-bond acceptors (Lipinski definition) is 4. The van der Waals surface area contributed by atoms with Gasteiger partial charge < -0.3 is 15.1 Å². The molecule has 0 radical (unpaired) electrons. The molecule has 1 aromatic heterocycles. The Balaban J connectivity index is 1.19. The standard InChI is InChI=1S/C24H27ClN4O2S/c25-18-7-5-8-19(17-18)26-24(31)29-14-6-13-28(15-16-29)23(30)12-4-3-11-22-27-20-9-1-2-10-21(20)32-22/h1-2,5,7-10,17H,3-4,6,11-16H2,(H,26,31). The van der Waals surface area contributed by atoms with Crippen LogP contribution in [0.4, 0.5) is 10.5 Å². The number of halogens is 1. The van der Waals surface area contributed by atoms with Gasteiger partial charge in [-0.05, 0) is 56.0 Å². The van der Waals surface area contributed by atoms with Gasteiger partial charge in [0.15, 0.2) is 0 Å². The van der Waals surface area contributed by atoms with E-state index in [1.54, 1.807) is 34.4 Å².